The molecule has 2 heteroatoms. The van der Waals surface area contributed by atoms with E-state index in [0.717, 1.165) is 5.56 Å². The first-order valence-electron chi connectivity index (χ1n) is 5.57. The van der Waals surface area contributed by atoms with Crippen molar-refractivity contribution in [2.45, 2.75) is 13.3 Å². The smallest absolute Gasteiger partial charge is 0.0669 e. The van der Waals surface area contributed by atoms with Gasteiger partial charge in [0.05, 0.1) is 18.6 Å². The van der Waals surface area contributed by atoms with Crippen molar-refractivity contribution in [3.05, 3.63) is 72.3 Å². The Labute approximate surface area is 109 Å². The Morgan fingerprint density at radius 1 is 0.778 bits per heavy atom. The zero-order valence-corrected chi connectivity index (χ0v) is 10.5. The normalized spacial score (nSPS) is 7.28. The molecular weight excluding hydrogens is 220 g/mol. The van der Waals surface area contributed by atoms with Gasteiger partial charge in [-0.3, -0.25) is 0 Å². The van der Waals surface area contributed by atoms with E-state index in [4.69, 9.17) is 10.5 Å². The molecule has 18 heavy (non-hydrogen) atoms. The van der Waals surface area contributed by atoms with E-state index in [2.05, 4.69) is 6.07 Å². The summed E-state index contributed by atoms with van der Waals surface area (Å²) in [6, 6.07) is 25.5. The number of rotatable bonds is 1. The van der Waals surface area contributed by atoms with Crippen LogP contribution in [0.1, 0.15) is 12.5 Å². The fourth-order valence-electron chi connectivity index (χ4n) is 1.07. The van der Waals surface area contributed by atoms with Crippen molar-refractivity contribution in [1.82, 2.24) is 0 Å². The minimum atomic E-state index is 0.515. The summed E-state index contributed by atoms with van der Waals surface area (Å²) in [5, 5.41) is 15.6. The first-order valence-corrected chi connectivity index (χ1v) is 5.57. The summed E-state index contributed by atoms with van der Waals surface area (Å²) in [7, 11) is 0. The Morgan fingerprint density at radius 2 is 1.11 bits per heavy atom. The average molecular weight is 236 g/mol. The van der Waals surface area contributed by atoms with Crippen LogP contribution < -0.4 is 0 Å². The summed E-state index contributed by atoms with van der Waals surface area (Å²) in [5.74, 6) is 0. The van der Waals surface area contributed by atoms with E-state index in [9.17, 15) is 0 Å². The third-order valence-electron chi connectivity index (χ3n) is 1.79. The minimum Gasteiger partial charge on any atom is -0.199 e. The van der Waals surface area contributed by atoms with E-state index >= 15 is 0 Å². The predicted octanol–water partition coefficient (Wildman–Crippen LogP) is 3.97. The summed E-state index contributed by atoms with van der Waals surface area (Å²) >= 11 is 0. The van der Waals surface area contributed by atoms with Crippen molar-refractivity contribution in [2.24, 2.45) is 0 Å². The van der Waals surface area contributed by atoms with Gasteiger partial charge in [0, 0.05) is 6.92 Å². The van der Waals surface area contributed by atoms with Gasteiger partial charge in [0.15, 0.2) is 0 Å². The van der Waals surface area contributed by atoms with Crippen molar-refractivity contribution in [3.63, 3.8) is 0 Å². The van der Waals surface area contributed by atoms with E-state index in [0.29, 0.717) is 6.42 Å². The quantitative estimate of drug-likeness (QED) is 0.752. The third kappa shape index (κ3) is 9.96. The number of hydrogen-bond acceptors (Lipinski definition) is 2. The van der Waals surface area contributed by atoms with E-state index in [-0.39, 0.29) is 0 Å². The Morgan fingerprint density at radius 3 is 1.44 bits per heavy atom. The molecule has 0 aliphatic carbocycles. The van der Waals surface area contributed by atoms with Crippen LogP contribution in [0.2, 0.25) is 0 Å². The lowest BCUT2D eigenvalue weighted by Crippen LogP contribution is -1.76. The second-order valence-corrected chi connectivity index (χ2v) is 3.20. The molecule has 0 heterocycles. The lowest BCUT2D eigenvalue weighted by atomic mass is 10.2. The number of hydrogen-bond donors (Lipinski definition) is 0. The molecule has 0 N–H and O–H groups in total. The summed E-state index contributed by atoms with van der Waals surface area (Å²) in [5.41, 5.74) is 1.08. The number of benzene rings is 2. The second kappa shape index (κ2) is 12.5. The Bertz CT molecular complexity index is 437. The van der Waals surface area contributed by atoms with Crippen molar-refractivity contribution >= 4 is 0 Å². The van der Waals surface area contributed by atoms with E-state index in [1.54, 1.807) is 6.07 Å². The fourth-order valence-corrected chi connectivity index (χ4v) is 1.07. The molecule has 0 atom stereocenters. The molecule has 0 saturated carbocycles. The molecule has 2 aromatic rings. The van der Waals surface area contributed by atoms with Gasteiger partial charge >= 0.3 is 0 Å². The molecule has 0 unspecified atom stereocenters. The summed E-state index contributed by atoms with van der Waals surface area (Å²) in [6.07, 6.45) is 0.515. The van der Waals surface area contributed by atoms with Gasteiger partial charge in [-0.15, -0.1) is 0 Å². The molecule has 0 spiro atoms. The third-order valence-corrected chi connectivity index (χ3v) is 1.79. The molecule has 0 bridgehead atoms. The van der Waals surface area contributed by atoms with Crippen LogP contribution in [0.4, 0.5) is 0 Å². The fraction of sp³-hybridized carbons (Fsp3) is 0.125. The van der Waals surface area contributed by atoms with Crippen LogP contribution in [0.3, 0.4) is 0 Å². The predicted molar refractivity (Wildman–Crippen MR) is 73.5 cm³/mol. The van der Waals surface area contributed by atoms with Crippen LogP contribution in [-0.4, -0.2) is 0 Å². The highest BCUT2D eigenvalue weighted by molar-refractivity contribution is 5.17. The summed E-state index contributed by atoms with van der Waals surface area (Å²) in [6.45, 7) is 1.43. The highest BCUT2D eigenvalue weighted by Crippen LogP contribution is 1.96. The maximum Gasteiger partial charge on any atom is 0.0669 e. The van der Waals surface area contributed by atoms with Crippen molar-refractivity contribution in [1.29, 1.82) is 10.5 Å². The highest BCUT2D eigenvalue weighted by Gasteiger charge is 1.84. The van der Waals surface area contributed by atoms with Crippen LogP contribution in [-0.2, 0) is 6.42 Å². The van der Waals surface area contributed by atoms with Gasteiger partial charge in [0.25, 0.3) is 0 Å². The Kier molecular flexibility index (Phi) is 10.7. The maximum absolute atomic E-state index is 8.27. The Balaban J connectivity index is 0.000000278. The topological polar surface area (TPSA) is 47.6 Å². The molecule has 0 saturated heterocycles. The van der Waals surface area contributed by atoms with Crippen LogP contribution in [0.15, 0.2) is 66.7 Å². The molecule has 0 amide bonds. The average Bonchev–Trinajstić information content (AvgIpc) is 2.44. The van der Waals surface area contributed by atoms with Crippen LogP contribution in [0.25, 0.3) is 0 Å². The zero-order valence-electron chi connectivity index (χ0n) is 10.5. The Hall–Kier alpha value is -2.58. The molecule has 2 aromatic carbocycles. The van der Waals surface area contributed by atoms with Crippen LogP contribution in [0, 0.1) is 22.7 Å². The van der Waals surface area contributed by atoms with Gasteiger partial charge in [-0.2, -0.15) is 10.5 Å². The number of nitrogens with zero attached hydrogens (tertiary/aromatic N) is 2. The first-order chi connectivity index (χ1) is 8.85. The second-order valence-electron chi connectivity index (χ2n) is 3.20. The van der Waals surface area contributed by atoms with Gasteiger partial charge in [-0.05, 0) is 5.56 Å². The summed E-state index contributed by atoms with van der Waals surface area (Å²) < 4.78 is 0. The van der Waals surface area contributed by atoms with E-state index in [1.807, 2.05) is 66.7 Å². The van der Waals surface area contributed by atoms with Gasteiger partial charge < -0.3 is 0 Å². The zero-order chi connectivity index (χ0) is 13.5. The lowest BCUT2D eigenvalue weighted by Gasteiger charge is -1.88. The molecular formula is C16H16N2. The molecule has 0 aliphatic heterocycles. The molecule has 0 aromatic heterocycles. The van der Waals surface area contributed by atoms with Gasteiger partial charge in [0.1, 0.15) is 0 Å². The van der Waals surface area contributed by atoms with Crippen LogP contribution in [0.5, 0.6) is 0 Å². The monoisotopic (exact) mass is 236 g/mol. The molecule has 2 nitrogen and oxygen atoms in total. The molecule has 0 aliphatic rings. The van der Waals surface area contributed by atoms with Gasteiger partial charge in [0.2, 0.25) is 0 Å². The van der Waals surface area contributed by atoms with E-state index in [1.165, 1.54) is 6.92 Å². The molecule has 90 valence electrons. The van der Waals surface area contributed by atoms with Gasteiger partial charge in [-0.1, -0.05) is 66.7 Å². The summed E-state index contributed by atoms with van der Waals surface area (Å²) in [4.78, 5) is 0. The standard InChI is InChI=1S/C8H7N.C6H6.C2H3N/c9-7-6-8-4-2-1-3-5-8;1-2-4-6-5-3-1;1-2-3/h1-5H,6H2;1-6H;1H3. The highest BCUT2D eigenvalue weighted by atomic mass is 14.2. The number of nitriles is 2. The molecule has 0 fully saturated rings. The SMILES string of the molecule is CC#N.N#CCc1ccccc1.c1ccccc1. The van der Waals surface area contributed by atoms with Crippen molar-refractivity contribution < 1.29 is 0 Å². The van der Waals surface area contributed by atoms with Crippen LogP contribution >= 0.6 is 0 Å². The lowest BCUT2D eigenvalue weighted by molar-refractivity contribution is 1.26. The van der Waals surface area contributed by atoms with Crippen molar-refractivity contribution in [3.8, 4) is 12.1 Å². The molecule has 0 radical (unpaired) electrons. The minimum absolute atomic E-state index is 0.515. The van der Waals surface area contributed by atoms with E-state index < -0.39 is 0 Å². The van der Waals surface area contributed by atoms with Crippen molar-refractivity contribution in [2.75, 3.05) is 0 Å². The molecule has 2 rings (SSSR count). The largest absolute Gasteiger partial charge is 0.199 e. The first kappa shape index (κ1) is 15.4. The van der Waals surface area contributed by atoms with Gasteiger partial charge in [-0.25, -0.2) is 0 Å². The maximum atomic E-state index is 8.27.